The van der Waals surface area contributed by atoms with Crippen LogP contribution in [-0.4, -0.2) is 35.8 Å². The Labute approximate surface area is 59.2 Å². The van der Waals surface area contributed by atoms with E-state index in [1.807, 2.05) is 0 Å². The number of hydrogen-bond donors (Lipinski definition) is 3. The summed E-state index contributed by atoms with van der Waals surface area (Å²) >= 11 is 0. The third-order valence-corrected chi connectivity index (χ3v) is 1.62. The molecule has 0 aromatic carbocycles. The molecule has 0 aliphatic heterocycles. The summed E-state index contributed by atoms with van der Waals surface area (Å²) in [5, 5.41) is 0. The van der Waals surface area contributed by atoms with Crippen molar-refractivity contribution in [2.75, 3.05) is 6.61 Å². The van der Waals surface area contributed by atoms with Crippen LogP contribution in [-0.2, 0) is 9.53 Å². The van der Waals surface area contributed by atoms with Crippen LogP contribution in [0.2, 0.25) is 6.04 Å². The molecule has 0 bridgehead atoms. The topological polar surface area (TPSA) is 87.0 Å². The minimum Gasteiger partial charge on any atom is -0.466 e. The van der Waals surface area contributed by atoms with Crippen molar-refractivity contribution in [1.29, 1.82) is 0 Å². The molecule has 0 aromatic rings. The maximum Gasteiger partial charge on any atom is 0.496 e. The Morgan fingerprint density at radius 2 is 2.00 bits per heavy atom. The normalized spacial score (nSPS) is 11.2. The Kier molecular flexibility index (Phi) is 3.51. The lowest BCUT2D eigenvalue weighted by Gasteiger charge is -2.07. The Bertz CT molecular complexity index is 117. The number of ether oxygens (including phenoxy) is 1. The van der Waals surface area contributed by atoms with Crippen molar-refractivity contribution in [2.24, 2.45) is 0 Å². The predicted octanol–water partition coefficient (Wildman–Crippen LogP) is -1.53. The number of carbonyl (C=O) groups excluding carboxylic acids is 1. The molecule has 3 N–H and O–H groups in total. The standard InChI is InChI=1S/C4H10O5Si/c1-4(5)9-2-3-10(6,7)8/h6-8H,2-3H2,1H3. The Morgan fingerprint density at radius 3 is 2.30 bits per heavy atom. The van der Waals surface area contributed by atoms with Gasteiger partial charge in [-0.1, -0.05) is 0 Å². The SMILES string of the molecule is CC(=O)OCC[Si](O)(O)O. The molecule has 5 nitrogen and oxygen atoms in total. The van der Waals surface area contributed by atoms with Crippen molar-refractivity contribution in [1.82, 2.24) is 0 Å². The van der Waals surface area contributed by atoms with Gasteiger partial charge in [0.15, 0.2) is 0 Å². The highest BCUT2D eigenvalue weighted by molar-refractivity contribution is 6.56. The Hall–Kier alpha value is -0.433. The molecule has 0 saturated heterocycles. The highest BCUT2D eigenvalue weighted by Gasteiger charge is 2.26. The molecule has 10 heavy (non-hydrogen) atoms. The first-order valence-electron chi connectivity index (χ1n) is 2.72. The lowest BCUT2D eigenvalue weighted by molar-refractivity contribution is -0.140. The smallest absolute Gasteiger partial charge is 0.466 e. The highest BCUT2D eigenvalue weighted by Crippen LogP contribution is 1.95. The average Bonchev–Trinajstić information content (AvgIpc) is 1.59. The van der Waals surface area contributed by atoms with Gasteiger partial charge >= 0.3 is 14.8 Å². The molecule has 0 unspecified atom stereocenters. The first-order chi connectivity index (χ1) is 4.42. The van der Waals surface area contributed by atoms with Crippen LogP contribution in [0.4, 0.5) is 0 Å². The molecule has 0 atom stereocenters. The molecule has 0 aliphatic rings. The van der Waals surface area contributed by atoms with Gasteiger partial charge in [0.25, 0.3) is 0 Å². The zero-order valence-electron chi connectivity index (χ0n) is 5.57. The van der Waals surface area contributed by atoms with Gasteiger partial charge < -0.3 is 19.1 Å². The van der Waals surface area contributed by atoms with Gasteiger partial charge in [-0.3, -0.25) is 4.79 Å². The summed E-state index contributed by atoms with van der Waals surface area (Å²) in [6.45, 7) is 1.06. The maximum atomic E-state index is 10.1. The van der Waals surface area contributed by atoms with Crippen molar-refractivity contribution in [3.63, 3.8) is 0 Å². The lowest BCUT2D eigenvalue weighted by Crippen LogP contribution is -2.35. The molecule has 0 fully saturated rings. The van der Waals surface area contributed by atoms with Crippen molar-refractivity contribution in [3.05, 3.63) is 0 Å². The van der Waals surface area contributed by atoms with E-state index in [0.717, 1.165) is 0 Å². The molecular weight excluding hydrogens is 156 g/mol. The summed E-state index contributed by atoms with van der Waals surface area (Å²) in [6.07, 6.45) is 0. The molecule has 0 saturated carbocycles. The van der Waals surface area contributed by atoms with E-state index in [2.05, 4.69) is 4.74 Å². The lowest BCUT2D eigenvalue weighted by atomic mass is 10.8. The highest BCUT2D eigenvalue weighted by atomic mass is 28.4. The fourth-order valence-corrected chi connectivity index (χ4v) is 0.708. The van der Waals surface area contributed by atoms with Crippen LogP contribution in [0.1, 0.15) is 6.92 Å². The summed E-state index contributed by atoms with van der Waals surface area (Å²) in [5.41, 5.74) is 0. The van der Waals surface area contributed by atoms with E-state index in [1.165, 1.54) is 6.92 Å². The van der Waals surface area contributed by atoms with Gasteiger partial charge in [-0.15, -0.1) is 0 Å². The molecule has 0 radical (unpaired) electrons. The molecule has 6 heteroatoms. The van der Waals surface area contributed by atoms with E-state index in [4.69, 9.17) is 14.4 Å². The van der Waals surface area contributed by atoms with E-state index in [-0.39, 0.29) is 12.7 Å². The number of carbonyl (C=O) groups is 1. The van der Waals surface area contributed by atoms with Crippen LogP contribution in [0.3, 0.4) is 0 Å². The molecule has 0 aliphatic carbocycles. The van der Waals surface area contributed by atoms with Crippen LogP contribution >= 0.6 is 0 Å². The van der Waals surface area contributed by atoms with Crippen molar-refractivity contribution in [3.8, 4) is 0 Å². The second kappa shape index (κ2) is 3.67. The summed E-state index contributed by atoms with van der Waals surface area (Å²) in [6, 6.07) is -0.271. The average molecular weight is 166 g/mol. The van der Waals surface area contributed by atoms with Gasteiger partial charge in [0.2, 0.25) is 0 Å². The summed E-state index contributed by atoms with van der Waals surface area (Å²) < 4.78 is 4.33. The summed E-state index contributed by atoms with van der Waals surface area (Å²) in [7, 11) is -4.00. The van der Waals surface area contributed by atoms with Crippen LogP contribution in [0.5, 0.6) is 0 Å². The Morgan fingerprint density at radius 1 is 1.50 bits per heavy atom. The second-order valence-corrected chi connectivity index (χ2v) is 3.91. The quantitative estimate of drug-likeness (QED) is 0.349. The molecule has 0 spiro atoms. The van der Waals surface area contributed by atoms with Gasteiger partial charge in [0.1, 0.15) is 0 Å². The third-order valence-electron chi connectivity index (χ3n) is 0.743. The molecular formula is C4H10O5Si. The molecule has 0 amide bonds. The zero-order valence-corrected chi connectivity index (χ0v) is 6.57. The van der Waals surface area contributed by atoms with E-state index in [0.29, 0.717) is 0 Å². The summed E-state index contributed by atoms with van der Waals surface area (Å²) in [4.78, 5) is 35.2. The molecule has 0 rings (SSSR count). The minimum atomic E-state index is -4.00. The van der Waals surface area contributed by atoms with Crippen molar-refractivity contribution >= 4 is 14.8 Å². The first-order valence-corrected chi connectivity index (χ1v) is 4.77. The fourth-order valence-electron chi connectivity index (χ4n) is 0.332. The van der Waals surface area contributed by atoms with E-state index < -0.39 is 14.8 Å². The van der Waals surface area contributed by atoms with Crippen LogP contribution in [0, 0.1) is 0 Å². The number of esters is 1. The van der Waals surface area contributed by atoms with Gasteiger partial charge in [0, 0.05) is 6.92 Å². The second-order valence-electron chi connectivity index (χ2n) is 1.86. The van der Waals surface area contributed by atoms with Gasteiger partial charge in [0.05, 0.1) is 12.7 Å². The van der Waals surface area contributed by atoms with E-state index in [9.17, 15) is 4.79 Å². The molecule has 0 heterocycles. The monoisotopic (exact) mass is 166 g/mol. The number of hydrogen-bond acceptors (Lipinski definition) is 5. The van der Waals surface area contributed by atoms with Gasteiger partial charge in [-0.05, 0) is 0 Å². The van der Waals surface area contributed by atoms with Crippen molar-refractivity contribution < 1.29 is 23.9 Å². The predicted molar refractivity (Wildman–Crippen MR) is 33.9 cm³/mol. The molecule has 0 aromatic heterocycles. The van der Waals surface area contributed by atoms with E-state index in [1.54, 1.807) is 0 Å². The third kappa shape index (κ3) is 7.57. The number of rotatable bonds is 3. The largest absolute Gasteiger partial charge is 0.496 e. The van der Waals surface area contributed by atoms with Gasteiger partial charge in [-0.25, -0.2) is 0 Å². The van der Waals surface area contributed by atoms with Crippen LogP contribution in [0.15, 0.2) is 0 Å². The Balaban J connectivity index is 3.29. The summed E-state index contributed by atoms with van der Waals surface area (Å²) in [5.74, 6) is -0.502. The fraction of sp³-hybridized carbons (Fsp3) is 0.750. The van der Waals surface area contributed by atoms with E-state index >= 15 is 0 Å². The van der Waals surface area contributed by atoms with Crippen LogP contribution < -0.4 is 0 Å². The van der Waals surface area contributed by atoms with Crippen molar-refractivity contribution in [2.45, 2.75) is 13.0 Å². The van der Waals surface area contributed by atoms with Gasteiger partial charge in [-0.2, -0.15) is 0 Å². The van der Waals surface area contributed by atoms with Crippen LogP contribution in [0.25, 0.3) is 0 Å². The molecule has 60 valence electrons. The first kappa shape index (κ1) is 9.57. The minimum absolute atomic E-state index is 0.148. The maximum absolute atomic E-state index is 10.1. The zero-order chi connectivity index (χ0) is 8.20.